The van der Waals surface area contributed by atoms with E-state index in [-0.39, 0.29) is 24.9 Å². The van der Waals surface area contributed by atoms with Crippen LogP contribution in [0.3, 0.4) is 0 Å². The second-order valence-corrected chi connectivity index (χ2v) is 6.04. The Morgan fingerprint density at radius 2 is 2.25 bits per heavy atom. The Kier molecular flexibility index (Phi) is 6.30. The maximum atomic E-state index is 11.4. The fraction of sp³-hybridized carbons (Fsp3) is 0.625. The molecule has 114 valence electrons. The number of amides is 1. The van der Waals surface area contributed by atoms with Crippen LogP contribution < -0.4 is 11.0 Å². The summed E-state index contributed by atoms with van der Waals surface area (Å²) in [6, 6.07) is 0. The average Bonchev–Trinajstić information content (AvgIpc) is 2.64. The number of carbonyl (C=O) groups is 1. The van der Waals surface area contributed by atoms with E-state index in [0.717, 1.165) is 11.5 Å². The zero-order valence-corrected chi connectivity index (χ0v) is 12.2. The first-order chi connectivity index (χ1) is 9.31. The minimum atomic E-state index is -4.22. The van der Waals surface area contributed by atoms with Crippen molar-refractivity contribution in [1.29, 1.82) is 0 Å². The van der Waals surface area contributed by atoms with Crippen molar-refractivity contribution in [2.24, 2.45) is 0 Å². The largest absolute Gasteiger partial charge is 0.450 e. The molecule has 1 heterocycles. The molecular weight excluding hydrogens is 313 g/mol. The smallest absolute Gasteiger partial charge is 0.413 e. The van der Waals surface area contributed by atoms with Crippen molar-refractivity contribution in [3.05, 3.63) is 10.5 Å². The third kappa shape index (κ3) is 6.26. The molecular formula is C8H14N3O7PS. The highest BCUT2D eigenvalue weighted by Gasteiger charge is 2.13. The molecule has 0 bridgehead atoms. The zero-order valence-electron chi connectivity index (χ0n) is 10.5. The van der Waals surface area contributed by atoms with E-state index in [4.69, 9.17) is 14.5 Å². The first-order valence-corrected chi connectivity index (χ1v) is 8.03. The molecule has 0 fully saturated rings. The molecule has 0 aromatic carbocycles. The van der Waals surface area contributed by atoms with Crippen molar-refractivity contribution >= 4 is 30.4 Å². The van der Waals surface area contributed by atoms with Crippen molar-refractivity contribution in [1.82, 2.24) is 8.94 Å². The Bertz CT molecular complexity index is 551. The molecule has 0 radical (unpaired) electrons. The zero-order chi connectivity index (χ0) is 15.2. The van der Waals surface area contributed by atoms with Crippen LogP contribution in [-0.2, 0) is 20.6 Å². The van der Waals surface area contributed by atoms with Crippen molar-refractivity contribution in [3.8, 4) is 0 Å². The molecule has 0 saturated heterocycles. The Hall–Kier alpha value is -1.26. The molecule has 0 unspecified atom stereocenters. The Labute approximate surface area is 117 Å². The number of hydrogen-bond acceptors (Lipinski definition) is 7. The lowest BCUT2D eigenvalue weighted by Crippen LogP contribution is -2.18. The summed E-state index contributed by atoms with van der Waals surface area (Å²) in [4.78, 5) is 43.3. The predicted octanol–water partition coefficient (Wildman–Crippen LogP) is 0.0250. The minimum absolute atomic E-state index is 0.0634. The van der Waals surface area contributed by atoms with Crippen LogP contribution in [0.5, 0.6) is 0 Å². The number of hydrogen-bond donors (Lipinski definition) is 3. The molecule has 1 rings (SSSR count). The van der Waals surface area contributed by atoms with Gasteiger partial charge in [-0.25, -0.2) is 13.5 Å². The number of aromatic nitrogens is 2. The van der Waals surface area contributed by atoms with Gasteiger partial charge in [0.15, 0.2) is 0 Å². The second kappa shape index (κ2) is 7.50. The van der Waals surface area contributed by atoms with Gasteiger partial charge in [0.1, 0.15) is 6.35 Å². The summed E-state index contributed by atoms with van der Waals surface area (Å²) >= 11 is 0.879. The number of nitrogens with zero attached hydrogens (tertiary/aromatic N) is 2. The maximum absolute atomic E-state index is 11.4. The molecule has 0 aliphatic rings. The number of nitrogens with one attached hydrogen (secondary N) is 1. The predicted molar refractivity (Wildman–Crippen MR) is 69.9 cm³/mol. The van der Waals surface area contributed by atoms with Crippen molar-refractivity contribution < 1.29 is 28.6 Å². The van der Waals surface area contributed by atoms with Gasteiger partial charge in [-0.05, 0) is 18.5 Å². The van der Waals surface area contributed by atoms with Gasteiger partial charge in [-0.1, -0.05) is 0 Å². The maximum Gasteiger partial charge on any atom is 0.413 e. The SMILES string of the molecule is CCOC(=O)Nc1nc(=O)n(CCOCP(=O)(O)O)s1. The number of anilines is 1. The van der Waals surface area contributed by atoms with Crippen LogP contribution in [0.15, 0.2) is 4.79 Å². The minimum Gasteiger partial charge on any atom is -0.450 e. The van der Waals surface area contributed by atoms with Crippen LogP contribution in [0.4, 0.5) is 9.93 Å². The first-order valence-electron chi connectivity index (χ1n) is 5.46. The van der Waals surface area contributed by atoms with Gasteiger partial charge in [-0.2, -0.15) is 4.98 Å². The molecule has 0 atom stereocenters. The molecule has 0 aliphatic heterocycles. The van der Waals surface area contributed by atoms with Gasteiger partial charge in [0.25, 0.3) is 0 Å². The summed E-state index contributed by atoms with van der Waals surface area (Å²) in [5.41, 5.74) is -0.596. The monoisotopic (exact) mass is 327 g/mol. The highest BCUT2D eigenvalue weighted by Crippen LogP contribution is 2.33. The molecule has 12 heteroatoms. The summed E-state index contributed by atoms with van der Waals surface area (Å²) in [7, 11) is -4.22. The average molecular weight is 327 g/mol. The molecule has 20 heavy (non-hydrogen) atoms. The second-order valence-electron chi connectivity index (χ2n) is 3.44. The highest BCUT2D eigenvalue weighted by molar-refractivity contribution is 7.51. The molecule has 0 aliphatic carbocycles. The quantitative estimate of drug-likeness (QED) is 0.470. The van der Waals surface area contributed by atoms with Crippen molar-refractivity contribution in [2.75, 3.05) is 24.9 Å². The lowest BCUT2D eigenvalue weighted by Gasteiger charge is -2.04. The molecule has 3 N–H and O–H groups in total. The van der Waals surface area contributed by atoms with Crippen molar-refractivity contribution in [2.45, 2.75) is 13.5 Å². The summed E-state index contributed by atoms with van der Waals surface area (Å²) in [5.74, 6) is 0. The Morgan fingerprint density at radius 3 is 2.85 bits per heavy atom. The van der Waals surface area contributed by atoms with Gasteiger partial charge in [0, 0.05) is 0 Å². The summed E-state index contributed by atoms with van der Waals surface area (Å²) in [6.45, 7) is 1.84. The fourth-order valence-electron chi connectivity index (χ4n) is 1.08. The molecule has 1 aromatic rings. The molecule has 1 aromatic heterocycles. The lowest BCUT2D eigenvalue weighted by molar-refractivity contribution is 0.150. The van der Waals surface area contributed by atoms with E-state index in [1.54, 1.807) is 6.92 Å². The van der Waals surface area contributed by atoms with Crippen molar-refractivity contribution in [3.63, 3.8) is 0 Å². The molecule has 1 amide bonds. The Morgan fingerprint density at radius 1 is 1.55 bits per heavy atom. The van der Waals surface area contributed by atoms with Crippen LogP contribution >= 0.6 is 19.1 Å². The van der Waals surface area contributed by atoms with E-state index in [1.807, 2.05) is 0 Å². The third-order valence-electron chi connectivity index (χ3n) is 1.79. The van der Waals surface area contributed by atoms with Gasteiger partial charge in [0.2, 0.25) is 5.13 Å². The topological polar surface area (TPSA) is 140 Å². The van der Waals surface area contributed by atoms with E-state index < -0.39 is 25.7 Å². The first kappa shape index (κ1) is 16.8. The van der Waals surface area contributed by atoms with E-state index >= 15 is 0 Å². The van der Waals surface area contributed by atoms with Crippen LogP contribution in [0.1, 0.15) is 6.92 Å². The lowest BCUT2D eigenvalue weighted by atomic mass is 10.7. The van der Waals surface area contributed by atoms with Crippen LogP contribution in [-0.4, -0.2) is 44.4 Å². The number of rotatable bonds is 7. The van der Waals surface area contributed by atoms with Crippen LogP contribution in [0.2, 0.25) is 0 Å². The van der Waals surface area contributed by atoms with Gasteiger partial charge < -0.3 is 19.3 Å². The summed E-state index contributed by atoms with van der Waals surface area (Å²) in [5, 5.41) is 2.35. The van der Waals surface area contributed by atoms with E-state index in [1.165, 1.54) is 3.96 Å². The Balaban J connectivity index is 2.47. The van der Waals surface area contributed by atoms with Gasteiger partial charge >= 0.3 is 19.4 Å². The van der Waals surface area contributed by atoms with Gasteiger partial charge in [-0.15, -0.1) is 0 Å². The summed E-state index contributed by atoms with van der Waals surface area (Å²) < 4.78 is 21.1. The van der Waals surface area contributed by atoms with Crippen LogP contribution in [0.25, 0.3) is 0 Å². The van der Waals surface area contributed by atoms with Crippen LogP contribution in [0, 0.1) is 0 Å². The number of ether oxygens (including phenoxy) is 2. The van der Waals surface area contributed by atoms with E-state index in [2.05, 4.69) is 15.0 Å². The molecule has 0 spiro atoms. The standard InChI is InChI=1S/C8H14N3O7PS/c1-2-18-8(13)10-6-9-7(12)11(20-6)3-4-17-5-19(14,15)16/h2-5H2,1H3,(H2,14,15,16)(H,9,10,12,13). The number of carbonyl (C=O) groups excluding carboxylic acids is 1. The van der Waals surface area contributed by atoms with Gasteiger partial charge in [-0.3, -0.25) is 9.88 Å². The fourth-order valence-corrected chi connectivity index (χ4v) is 2.19. The molecule has 10 nitrogen and oxygen atoms in total. The van der Waals surface area contributed by atoms with Gasteiger partial charge in [0.05, 0.1) is 19.8 Å². The highest BCUT2D eigenvalue weighted by atomic mass is 32.1. The van der Waals surface area contributed by atoms with E-state index in [0.29, 0.717) is 0 Å². The normalized spacial score (nSPS) is 11.3. The third-order valence-corrected chi connectivity index (χ3v) is 3.23. The van der Waals surface area contributed by atoms with E-state index in [9.17, 15) is 14.2 Å². The molecule has 0 saturated carbocycles. The summed E-state index contributed by atoms with van der Waals surface area (Å²) in [6.07, 6.45) is -1.43.